The van der Waals surface area contributed by atoms with Gasteiger partial charge in [-0.3, -0.25) is 9.59 Å². The third kappa shape index (κ3) is 3.28. The van der Waals surface area contributed by atoms with Gasteiger partial charge in [-0.25, -0.2) is 0 Å². The van der Waals surface area contributed by atoms with Gasteiger partial charge >= 0.3 is 0 Å². The van der Waals surface area contributed by atoms with Crippen LogP contribution in [0.1, 0.15) is 28.9 Å². The molecule has 3 nitrogen and oxygen atoms in total. The Bertz CT molecular complexity index is 564. The number of hydrogen-bond acceptors (Lipinski definition) is 2. The first-order valence-electron chi connectivity index (χ1n) is 6.13. The summed E-state index contributed by atoms with van der Waals surface area (Å²) < 4.78 is 0. The molecule has 2 rings (SSSR count). The van der Waals surface area contributed by atoms with Gasteiger partial charge in [0, 0.05) is 5.56 Å². The van der Waals surface area contributed by atoms with Gasteiger partial charge in [-0.05, 0) is 12.5 Å². The van der Waals surface area contributed by atoms with Gasteiger partial charge in [0.05, 0.1) is 6.04 Å². The van der Waals surface area contributed by atoms with Gasteiger partial charge in [0.15, 0.2) is 0 Å². The molecular formula is C16H15NO2. The summed E-state index contributed by atoms with van der Waals surface area (Å²) in [5.41, 5.74) is 1.37. The van der Waals surface area contributed by atoms with Crippen molar-refractivity contribution < 1.29 is 9.59 Å². The highest BCUT2D eigenvalue weighted by molar-refractivity contribution is 6.42. The van der Waals surface area contributed by atoms with Crippen molar-refractivity contribution in [2.45, 2.75) is 13.0 Å². The van der Waals surface area contributed by atoms with E-state index in [0.29, 0.717) is 5.56 Å². The van der Waals surface area contributed by atoms with Crippen molar-refractivity contribution in [3.05, 3.63) is 71.8 Å². The summed E-state index contributed by atoms with van der Waals surface area (Å²) in [6, 6.07) is 17.9. The molecule has 1 N–H and O–H groups in total. The molecule has 1 atom stereocenters. The lowest BCUT2D eigenvalue weighted by Crippen LogP contribution is -2.33. The zero-order valence-electron chi connectivity index (χ0n) is 10.7. The van der Waals surface area contributed by atoms with E-state index in [1.54, 1.807) is 30.3 Å². The second kappa shape index (κ2) is 5.96. The number of nitrogens with one attached hydrogen (secondary N) is 1. The van der Waals surface area contributed by atoms with E-state index in [1.165, 1.54) is 0 Å². The maximum absolute atomic E-state index is 11.9. The van der Waals surface area contributed by atoms with Gasteiger partial charge in [0.25, 0.3) is 5.91 Å². The van der Waals surface area contributed by atoms with Crippen molar-refractivity contribution in [3.63, 3.8) is 0 Å². The van der Waals surface area contributed by atoms with Crippen molar-refractivity contribution in [3.8, 4) is 0 Å². The van der Waals surface area contributed by atoms with Crippen LogP contribution in [0, 0.1) is 0 Å². The highest BCUT2D eigenvalue weighted by atomic mass is 16.2. The van der Waals surface area contributed by atoms with E-state index in [0.717, 1.165) is 5.56 Å². The minimum absolute atomic E-state index is 0.193. The molecular weight excluding hydrogens is 238 g/mol. The first kappa shape index (κ1) is 13.0. The zero-order chi connectivity index (χ0) is 13.7. The van der Waals surface area contributed by atoms with Crippen LogP contribution in [0.3, 0.4) is 0 Å². The van der Waals surface area contributed by atoms with Gasteiger partial charge in [0.2, 0.25) is 5.78 Å². The van der Waals surface area contributed by atoms with Gasteiger partial charge < -0.3 is 5.32 Å². The summed E-state index contributed by atoms with van der Waals surface area (Å²) >= 11 is 0. The Hall–Kier alpha value is -2.42. The molecule has 2 aromatic carbocycles. The second-order valence-electron chi connectivity index (χ2n) is 4.30. The molecule has 2 aromatic rings. The van der Waals surface area contributed by atoms with Crippen molar-refractivity contribution in [1.29, 1.82) is 0 Å². The van der Waals surface area contributed by atoms with Gasteiger partial charge in [-0.1, -0.05) is 60.7 Å². The number of rotatable bonds is 4. The molecule has 0 aliphatic heterocycles. The van der Waals surface area contributed by atoms with Crippen LogP contribution < -0.4 is 5.32 Å². The van der Waals surface area contributed by atoms with Crippen LogP contribution in [0.15, 0.2) is 60.7 Å². The molecule has 1 amide bonds. The number of carbonyl (C=O) groups excluding carboxylic acids is 2. The quantitative estimate of drug-likeness (QED) is 0.672. The number of ketones is 1. The molecule has 0 aliphatic carbocycles. The number of Topliss-reactive ketones (excluding diaryl/α,β-unsaturated/α-hetero) is 1. The summed E-state index contributed by atoms with van der Waals surface area (Å²) in [5, 5.41) is 2.71. The third-order valence-corrected chi connectivity index (χ3v) is 2.89. The second-order valence-corrected chi connectivity index (χ2v) is 4.30. The smallest absolute Gasteiger partial charge is 0.292 e. The van der Waals surface area contributed by atoms with Crippen molar-refractivity contribution >= 4 is 11.7 Å². The van der Waals surface area contributed by atoms with E-state index in [4.69, 9.17) is 0 Å². The third-order valence-electron chi connectivity index (χ3n) is 2.89. The highest BCUT2D eigenvalue weighted by Gasteiger charge is 2.18. The van der Waals surface area contributed by atoms with Crippen LogP contribution >= 0.6 is 0 Å². The Morgan fingerprint density at radius 1 is 0.895 bits per heavy atom. The van der Waals surface area contributed by atoms with E-state index in [1.807, 2.05) is 37.3 Å². The molecule has 0 bridgehead atoms. The van der Waals surface area contributed by atoms with Crippen molar-refractivity contribution in [1.82, 2.24) is 5.32 Å². The fraction of sp³-hybridized carbons (Fsp3) is 0.125. The Labute approximate surface area is 112 Å². The summed E-state index contributed by atoms with van der Waals surface area (Å²) in [4.78, 5) is 23.8. The van der Waals surface area contributed by atoms with Crippen LogP contribution in [0.2, 0.25) is 0 Å². The molecule has 96 valence electrons. The molecule has 0 aliphatic rings. The summed E-state index contributed by atoms with van der Waals surface area (Å²) in [5.74, 6) is -1.09. The Kier molecular flexibility index (Phi) is 4.08. The fourth-order valence-corrected chi connectivity index (χ4v) is 1.81. The zero-order valence-corrected chi connectivity index (χ0v) is 10.7. The van der Waals surface area contributed by atoms with E-state index < -0.39 is 11.7 Å². The van der Waals surface area contributed by atoms with Gasteiger partial charge in [-0.2, -0.15) is 0 Å². The molecule has 0 saturated heterocycles. The van der Waals surface area contributed by atoms with Crippen molar-refractivity contribution in [2.75, 3.05) is 0 Å². The first-order chi connectivity index (χ1) is 9.18. The molecule has 0 saturated carbocycles. The SMILES string of the molecule is C[C@H](NC(=O)C(=O)c1ccccc1)c1ccccc1. The standard InChI is InChI=1S/C16H15NO2/c1-12(13-8-4-2-5-9-13)17-16(19)15(18)14-10-6-3-7-11-14/h2-12H,1H3,(H,17,19)/t12-/m0/s1. The molecule has 19 heavy (non-hydrogen) atoms. The maximum atomic E-state index is 11.9. The molecule has 0 unspecified atom stereocenters. The average Bonchev–Trinajstić information content (AvgIpc) is 2.48. The Balaban J connectivity index is 2.04. The predicted octanol–water partition coefficient (Wildman–Crippen LogP) is 2.75. The maximum Gasteiger partial charge on any atom is 0.292 e. The van der Waals surface area contributed by atoms with E-state index >= 15 is 0 Å². The number of amides is 1. The van der Waals surface area contributed by atoms with Crippen LogP contribution in [0.25, 0.3) is 0 Å². The van der Waals surface area contributed by atoms with Gasteiger partial charge in [-0.15, -0.1) is 0 Å². The number of carbonyl (C=O) groups is 2. The van der Waals surface area contributed by atoms with E-state index in [-0.39, 0.29) is 6.04 Å². The molecule has 3 heteroatoms. The molecule has 0 fully saturated rings. The van der Waals surface area contributed by atoms with Crippen molar-refractivity contribution in [2.24, 2.45) is 0 Å². The predicted molar refractivity (Wildman–Crippen MR) is 73.8 cm³/mol. The van der Waals surface area contributed by atoms with E-state index in [2.05, 4.69) is 5.32 Å². The number of hydrogen-bond donors (Lipinski definition) is 1. The number of benzene rings is 2. The van der Waals surface area contributed by atoms with Crippen LogP contribution in [0.4, 0.5) is 0 Å². The lowest BCUT2D eigenvalue weighted by molar-refractivity contribution is -0.117. The Morgan fingerprint density at radius 2 is 1.42 bits per heavy atom. The lowest BCUT2D eigenvalue weighted by atomic mass is 10.1. The fourth-order valence-electron chi connectivity index (χ4n) is 1.81. The average molecular weight is 253 g/mol. The summed E-state index contributed by atoms with van der Waals surface area (Å²) in [7, 11) is 0. The summed E-state index contributed by atoms with van der Waals surface area (Å²) in [6.07, 6.45) is 0. The van der Waals surface area contributed by atoms with Crippen LogP contribution in [0.5, 0.6) is 0 Å². The lowest BCUT2D eigenvalue weighted by Gasteiger charge is -2.13. The molecule has 0 spiro atoms. The normalized spacial score (nSPS) is 11.6. The molecule has 0 radical (unpaired) electrons. The van der Waals surface area contributed by atoms with Gasteiger partial charge in [0.1, 0.15) is 0 Å². The van der Waals surface area contributed by atoms with Crippen LogP contribution in [-0.4, -0.2) is 11.7 Å². The first-order valence-corrected chi connectivity index (χ1v) is 6.13. The molecule has 0 heterocycles. The van der Waals surface area contributed by atoms with E-state index in [9.17, 15) is 9.59 Å². The Morgan fingerprint density at radius 3 is 2.00 bits per heavy atom. The minimum Gasteiger partial charge on any atom is -0.343 e. The molecule has 0 aromatic heterocycles. The summed E-state index contributed by atoms with van der Waals surface area (Å²) in [6.45, 7) is 1.85. The highest BCUT2D eigenvalue weighted by Crippen LogP contribution is 2.11. The minimum atomic E-state index is -0.581. The largest absolute Gasteiger partial charge is 0.343 e. The topological polar surface area (TPSA) is 46.2 Å². The monoisotopic (exact) mass is 253 g/mol. The van der Waals surface area contributed by atoms with Crippen LogP contribution in [-0.2, 0) is 4.79 Å².